The second-order valence-electron chi connectivity index (χ2n) is 2.65. The molecule has 1 rings (SSSR count). The molecule has 78 valence electrons. The van der Waals surface area contributed by atoms with Gasteiger partial charge in [0, 0.05) is 11.8 Å². The summed E-state index contributed by atoms with van der Waals surface area (Å²) in [6.45, 7) is 0. The largest absolute Gasteiger partial charge is 0.408 e. The van der Waals surface area contributed by atoms with Crippen molar-refractivity contribution >= 4 is 11.6 Å². The van der Waals surface area contributed by atoms with E-state index in [-0.39, 0.29) is 10.7 Å². The quantitative estimate of drug-likeness (QED) is 0.781. The van der Waals surface area contributed by atoms with Gasteiger partial charge in [0.15, 0.2) is 0 Å². The fourth-order valence-corrected chi connectivity index (χ4v) is 1.34. The Morgan fingerprint density at radius 1 is 1.50 bits per heavy atom. The molecule has 1 aromatic rings. The lowest BCUT2D eigenvalue weighted by Crippen LogP contribution is -2.31. The van der Waals surface area contributed by atoms with Crippen LogP contribution in [0, 0.1) is 0 Å². The molecule has 0 spiro atoms. The second kappa shape index (κ2) is 4.14. The number of aromatic nitrogens is 1. The van der Waals surface area contributed by atoms with Crippen LogP contribution in [0.3, 0.4) is 0 Å². The summed E-state index contributed by atoms with van der Waals surface area (Å²) in [4.78, 5) is 3.59. The van der Waals surface area contributed by atoms with E-state index >= 15 is 0 Å². The van der Waals surface area contributed by atoms with Crippen LogP contribution in [-0.4, -0.2) is 18.2 Å². The van der Waals surface area contributed by atoms with Gasteiger partial charge in [-0.15, -0.1) is 0 Å². The van der Waals surface area contributed by atoms with Gasteiger partial charge in [-0.2, -0.15) is 13.2 Å². The van der Waals surface area contributed by atoms with Crippen molar-refractivity contribution in [2.24, 2.45) is 0 Å². The molecule has 0 fully saturated rings. The Balaban J connectivity index is 3.08. The topological polar surface area (TPSA) is 24.9 Å². The third-order valence-electron chi connectivity index (χ3n) is 1.71. The van der Waals surface area contributed by atoms with E-state index in [1.165, 1.54) is 25.4 Å². The molecule has 0 aliphatic rings. The van der Waals surface area contributed by atoms with E-state index < -0.39 is 12.2 Å². The first kappa shape index (κ1) is 11.3. The first-order valence-corrected chi connectivity index (χ1v) is 4.19. The first-order chi connectivity index (χ1) is 6.46. The Morgan fingerprint density at radius 2 is 2.14 bits per heavy atom. The average Bonchev–Trinajstić information content (AvgIpc) is 2.07. The van der Waals surface area contributed by atoms with Crippen LogP contribution in [-0.2, 0) is 0 Å². The van der Waals surface area contributed by atoms with E-state index in [4.69, 9.17) is 11.6 Å². The van der Waals surface area contributed by atoms with E-state index in [9.17, 15) is 13.2 Å². The molecule has 0 aliphatic carbocycles. The van der Waals surface area contributed by atoms with E-state index in [2.05, 4.69) is 10.3 Å². The number of hydrogen-bond donors (Lipinski definition) is 1. The molecule has 0 aliphatic heterocycles. The maximum atomic E-state index is 12.4. The lowest BCUT2D eigenvalue weighted by molar-refractivity contribution is -0.156. The van der Waals surface area contributed by atoms with Gasteiger partial charge >= 0.3 is 6.18 Å². The number of nitrogens with one attached hydrogen (secondary N) is 1. The number of nitrogens with zero attached hydrogens (tertiary/aromatic N) is 1. The zero-order chi connectivity index (χ0) is 10.8. The van der Waals surface area contributed by atoms with Gasteiger partial charge in [0.1, 0.15) is 11.2 Å². The molecule has 1 unspecified atom stereocenters. The minimum atomic E-state index is -4.37. The highest BCUT2D eigenvalue weighted by Gasteiger charge is 2.40. The molecule has 6 heteroatoms. The van der Waals surface area contributed by atoms with Gasteiger partial charge in [-0.1, -0.05) is 17.7 Å². The van der Waals surface area contributed by atoms with Gasteiger partial charge in [-0.3, -0.25) is 0 Å². The number of alkyl halides is 3. The van der Waals surface area contributed by atoms with Gasteiger partial charge < -0.3 is 5.32 Å². The molecule has 0 bridgehead atoms. The Kier molecular flexibility index (Phi) is 3.34. The Hall–Kier alpha value is -0.810. The van der Waals surface area contributed by atoms with Crippen molar-refractivity contribution in [3.8, 4) is 0 Å². The van der Waals surface area contributed by atoms with Gasteiger partial charge in [0.05, 0.1) is 0 Å². The number of hydrogen-bond acceptors (Lipinski definition) is 2. The Labute approximate surface area is 84.1 Å². The molecule has 1 heterocycles. The monoisotopic (exact) mass is 224 g/mol. The van der Waals surface area contributed by atoms with E-state index in [0.717, 1.165) is 0 Å². The van der Waals surface area contributed by atoms with Crippen LogP contribution in [0.15, 0.2) is 18.3 Å². The lowest BCUT2D eigenvalue weighted by atomic mass is 10.1. The third-order valence-corrected chi connectivity index (χ3v) is 2.03. The minimum absolute atomic E-state index is 0.0656. The molecule has 0 saturated heterocycles. The average molecular weight is 225 g/mol. The lowest BCUT2D eigenvalue weighted by Gasteiger charge is -2.20. The number of halogens is 4. The minimum Gasteiger partial charge on any atom is -0.305 e. The zero-order valence-electron chi connectivity index (χ0n) is 7.27. The van der Waals surface area contributed by atoms with Crippen molar-refractivity contribution < 1.29 is 13.2 Å². The van der Waals surface area contributed by atoms with Crippen LogP contribution >= 0.6 is 11.6 Å². The van der Waals surface area contributed by atoms with Crippen molar-refractivity contribution in [1.82, 2.24) is 10.3 Å². The molecule has 0 saturated carbocycles. The predicted molar refractivity (Wildman–Crippen MR) is 47.1 cm³/mol. The highest BCUT2D eigenvalue weighted by molar-refractivity contribution is 6.30. The van der Waals surface area contributed by atoms with Crippen molar-refractivity contribution in [2.45, 2.75) is 12.2 Å². The van der Waals surface area contributed by atoms with E-state index in [0.29, 0.717) is 0 Å². The third kappa shape index (κ3) is 2.36. The molecule has 1 N–H and O–H groups in total. The van der Waals surface area contributed by atoms with E-state index in [1.807, 2.05) is 0 Å². The Bertz CT molecular complexity index is 314. The molecule has 0 amide bonds. The van der Waals surface area contributed by atoms with Crippen LogP contribution in [0.5, 0.6) is 0 Å². The highest BCUT2D eigenvalue weighted by atomic mass is 35.5. The summed E-state index contributed by atoms with van der Waals surface area (Å²) in [6.07, 6.45) is -3.03. The van der Waals surface area contributed by atoms with Gasteiger partial charge in [0.25, 0.3) is 0 Å². The predicted octanol–water partition coefficient (Wildman–Crippen LogP) is 2.56. The maximum Gasteiger partial charge on any atom is 0.408 e. The molecule has 0 aromatic carbocycles. The summed E-state index contributed by atoms with van der Waals surface area (Å²) in [5.41, 5.74) is -0.0656. The van der Waals surface area contributed by atoms with Crippen molar-refractivity contribution in [3.05, 3.63) is 29.0 Å². The molecule has 2 nitrogen and oxygen atoms in total. The molecule has 0 radical (unpaired) electrons. The van der Waals surface area contributed by atoms with Crippen molar-refractivity contribution in [3.63, 3.8) is 0 Å². The second-order valence-corrected chi connectivity index (χ2v) is 3.00. The van der Waals surface area contributed by atoms with Gasteiger partial charge in [-0.25, -0.2) is 4.98 Å². The van der Waals surface area contributed by atoms with Gasteiger partial charge in [-0.05, 0) is 13.1 Å². The summed E-state index contributed by atoms with van der Waals surface area (Å²) in [5.74, 6) is 0. The smallest absolute Gasteiger partial charge is 0.305 e. The fraction of sp³-hybridized carbons (Fsp3) is 0.375. The molecule has 1 aromatic heterocycles. The van der Waals surface area contributed by atoms with Crippen LogP contribution < -0.4 is 5.32 Å². The van der Waals surface area contributed by atoms with Crippen LogP contribution in [0.4, 0.5) is 13.2 Å². The van der Waals surface area contributed by atoms with Crippen LogP contribution in [0.2, 0.25) is 5.15 Å². The summed E-state index contributed by atoms with van der Waals surface area (Å²) in [7, 11) is 1.22. The molecule has 1 atom stereocenters. The zero-order valence-corrected chi connectivity index (χ0v) is 8.02. The summed E-state index contributed by atoms with van der Waals surface area (Å²) >= 11 is 5.55. The number of pyridine rings is 1. The summed E-state index contributed by atoms with van der Waals surface area (Å²) < 4.78 is 37.3. The van der Waals surface area contributed by atoms with Crippen LogP contribution in [0.25, 0.3) is 0 Å². The summed E-state index contributed by atoms with van der Waals surface area (Å²) in [5, 5.41) is 2.01. The van der Waals surface area contributed by atoms with Crippen molar-refractivity contribution in [1.29, 1.82) is 0 Å². The highest BCUT2D eigenvalue weighted by Crippen LogP contribution is 2.34. The maximum absolute atomic E-state index is 12.4. The normalized spacial score (nSPS) is 14.1. The first-order valence-electron chi connectivity index (χ1n) is 3.81. The molecular formula is C8H8ClF3N2. The van der Waals surface area contributed by atoms with Crippen molar-refractivity contribution in [2.75, 3.05) is 7.05 Å². The fourth-order valence-electron chi connectivity index (χ4n) is 1.11. The molecular weight excluding hydrogens is 217 g/mol. The Morgan fingerprint density at radius 3 is 2.57 bits per heavy atom. The summed E-state index contributed by atoms with van der Waals surface area (Å²) in [6, 6.07) is 0.935. The van der Waals surface area contributed by atoms with Crippen LogP contribution in [0.1, 0.15) is 11.6 Å². The van der Waals surface area contributed by atoms with Gasteiger partial charge in [0.2, 0.25) is 0 Å². The standard InChI is InChI=1S/C8H8ClF3N2/c1-13-6(8(10,11)12)5-3-2-4-14-7(5)9/h2-4,6,13H,1H3. The number of rotatable bonds is 2. The van der Waals surface area contributed by atoms with E-state index in [1.54, 1.807) is 0 Å². The SMILES string of the molecule is CNC(c1cccnc1Cl)C(F)(F)F. The molecule has 14 heavy (non-hydrogen) atoms.